The lowest BCUT2D eigenvalue weighted by Gasteiger charge is -2.40. The average molecular weight is 437 g/mol. The van der Waals surface area contributed by atoms with E-state index in [4.69, 9.17) is 0 Å². The highest BCUT2D eigenvalue weighted by Gasteiger charge is 2.33. The summed E-state index contributed by atoms with van der Waals surface area (Å²) in [4.78, 5) is 47.1. The Morgan fingerprint density at radius 1 is 1.13 bits per heavy atom. The van der Waals surface area contributed by atoms with E-state index in [1.807, 2.05) is 43.5 Å². The largest absolute Gasteiger partial charge is 0.331 e. The predicted octanol–water partition coefficient (Wildman–Crippen LogP) is 2.77. The number of rotatable bonds is 5. The average Bonchev–Trinajstić information content (AvgIpc) is 2.78. The summed E-state index contributed by atoms with van der Waals surface area (Å²) in [6, 6.07) is 14.8. The SMILES string of the molecule is CSc1ccccc1N1C(=O)CN(C(=O)CCn2cnc3ccccc3c2=O)C[C@H]1C. The van der Waals surface area contributed by atoms with E-state index in [0.29, 0.717) is 17.4 Å². The summed E-state index contributed by atoms with van der Waals surface area (Å²) in [7, 11) is 0. The molecule has 0 bridgehead atoms. The summed E-state index contributed by atoms with van der Waals surface area (Å²) in [6.45, 7) is 2.68. The Labute approximate surface area is 184 Å². The van der Waals surface area contributed by atoms with Crippen LogP contribution < -0.4 is 10.5 Å². The number of hydrogen-bond acceptors (Lipinski definition) is 5. The number of anilines is 1. The minimum absolute atomic E-state index is 0.0385. The molecule has 1 fully saturated rings. The van der Waals surface area contributed by atoms with Crippen LogP contribution in [0, 0.1) is 0 Å². The minimum Gasteiger partial charge on any atom is -0.331 e. The fourth-order valence-electron chi connectivity index (χ4n) is 3.98. The van der Waals surface area contributed by atoms with Crippen molar-refractivity contribution in [1.29, 1.82) is 0 Å². The highest BCUT2D eigenvalue weighted by Crippen LogP contribution is 2.31. The first kappa shape index (κ1) is 21.1. The number of amides is 2. The van der Waals surface area contributed by atoms with E-state index in [2.05, 4.69) is 4.98 Å². The highest BCUT2D eigenvalue weighted by molar-refractivity contribution is 7.98. The molecule has 2 heterocycles. The number of para-hydroxylation sites is 2. The van der Waals surface area contributed by atoms with Crippen molar-refractivity contribution >= 4 is 40.2 Å². The maximum Gasteiger partial charge on any atom is 0.261 e. The van der Waals surface area contributed by atoms with Gasteiger partial charge >= 0.3 is 0 Å². The van der Waals surface area contributed by atoms with Gasteiger partial charge in [-0.1, -0.05) is 24.3 Å². The van der Waals surface area contributed by atoms with Crippen LogP contribution in [-0.2, 0) is 16.1 Å². The molecule has 0 radical (unpaired) electrons. The normalized spacial score (nSPS) is 16.7. The van der Waals surface area contributed by atoms with Gasteiger partial charge in [0.25, 0.3) is 5.56 Å². The molecule has 0 N–H and O–H groups in total. The summed E-state index contributed by atoms with van der Waals surface area (Å²) in [5.74, 6) is -0.240. The number of piperazine rings is 1. The maximum absolute atomic E-state index is 12.9. The van der Waals surface area contributed by atoms with Crippen molar-refractivity contribution in [2.45, 2.75) is 30.8 Å². The molecule has 4 rings (SSSR count). The molecule has 2 aromatic carbocycles. The monoisotopic (exact) mass is 436 g/mol. The molecule has 8 heteroatoms. The summed E-state index contributed by atoms with van der Waals surface area (Å²) in [5, 5.41) is 0.530. The van der Waals surface area contributed by atoms with Crippen molar-refractivity contribution in [3.05, 3.63) is 65.2 Å². The quantitative estimate of drug-likeness (QED) is 0.575. The molecular formula is C23H24N4O3S. The van der Waals surface area contributed by atoms with Gasteiger partial charge in [-0.15, -0.1) is 11.8 Å². The molecule has 1 saturated heterocycles. The zero-order valence-electron chi connectivity index (χ0n) is 17.5. The number of aromatic nitrogens is 2. The van der Waals surface area contributed by atoms with Gasteiger partial charge in [-0.25, -0.2) is 4.98 Å². The second-order valence-electron chi connectivity index (χ2n) is 7.57. The molecule has 31 heavy (non-hydrogen) atoms. The van der Waals surface area contributed by atoms with Crippen LogP contribution in [0.2, 0.25) is 0 Å². The third kappa shape index (κ3) is 4.20. The number of hydrogen-bond donors (Lipinski definition) is 0. The number of benzene rings is 2. The molecule has 1 aromatic heterocycles. The third-order valence-corrected chi connectivity index (χ3v) is 6.30. The van der Waals surface area contributed by atoms with Crippen molar-refractivity contribution in [2.24, 2.45) is 0 Å². The molecular weight excluding hydrogens is 412 g/mol. The second-order valence-corrected chi connectivity index (χ2v) is 8.42. The number of nitrogens with zero attached hydrogens (tertiary/aromatic N) is 4. The maximum atomic E-state index is 12.9. The lowest BCUT2D eigenvalue weighted by molar-refractivity contribution is -0.137. The highest BCUT2D eigenvalue weighted by atomic mass is 32.2. The fraction of sp³-hybridized carbons (Fsp3) is 0.304. The van der Waals surface area contributed by atoms with E-state index in [9.17, 15) is 14.4 Å². The van der Waals surface area contributed by atoms with Crippen LogP contribution in [0.1, 0.15) is 13.3 Å². The van der Waals surface area contributed by atoms with Gasteiger partial charge in [-0.05, 0) is 37.4 Å². The molecule has 1 atom stereocenters. The van der Waals surface area contributed by atoms with Crippen LogP contribution in [0.4, 0.5) is 5.69 Å². The van der Waals surface area contributed by atoms with E-state index in [-0.39, 0.29) is 42.9 Å². The van der Waals surface area contributed by atoms with E-state index < -0.39 is 0 Å². The molecule has 0 unspecified atom stereocenters. The number of thioether (sulfide) groups is 1. The zero-order valence-corrected chi connectivity index (χ0v) is 18.3. The van der Waals surface area contributed by atoms with Crippen LogP contribution in [0.5, 0.6) is 0 Å². The van der Waals surface area contributed by atoms with Gasteiger partial charge in [0.15, 0.2) is 0 Å². The topological polar surface area (TPSA) is 75.5 Å². The summed E-state index contributed by atoms with van der Waals surface area (Å²) in [5.41, 5.74) is 1.35. The van der Waals surface area contributed by atoms with Crippen LogP contribution in [-0.4, -0.2) is 51.7 Å². The van der Waals surface area contributed by atoms with E-state index in [1.165, 1.54) is 10.9 Å². The van der Waals surface area contributed by atoms with Crippen molar-refractivity contribution in [2.75, 3.05) is 24.2 Å². The summed E-state index contributed by atoms with van der Waals surface area (Å²) < 4.78 is 1.45. The smallest absolute Gasteiger partial charge is 0.261 e. The Kier molecular flexibility index (Phi) is 6.08. The lowest BCUT2D eigenvalue weighted by atomic mass is 10.1. The number of carbonyl (C=O) groups is 2. The molecule has 1 aliphatic rings. The molecule has 0 saturated carbocycles. The Morgan fingerprint density at radius 2 is 1.87 bits per heavy atom. The first-order valence-corrected chi connectivity index (χ1v) is 11.4. The zero-order chi connectivity index (χ0) is 22.0. The number of aryl methyl sites for hydroxylation is 1. The summed E-state index contributed by atoms with van der Waals surface area (Å²) >= 11 is 1.60. The van der Waals surface area contributed by atoms with Gasteiger partial charge in [0.1, 0.15) is 6.54 Å². The van der Waals surface area contributed by atoms with E-state index >= 15 is 0 Å². The lowest BCUT2D eigenvalue weighted by Crippen LogP contribution is -2.57. The first-order valence-electron chi connectivity index (χ1n) is 10.2. The Balaban J connectivity index is 1.44. The predicted molar refractivity (Wildman–Crippen MR) is 122 cm³/mol. The molecule has 0 aliphatic carbocycles. The van der Waals surface area contributed by atoms with Crippen molar-refractivity contribution in [3.63, 3.8) is 0 Å². The van der Waals surface area contributed by atoms with Gasteiger partial charge in [-0.2, -0.15) is 0 Å². The van der Waals surface area contributed by atoms with Crippen LogP contribution in [0.15, 0.2) is 64.5 Å². The van der Waals surface area contributed by atoms with Gasteiger partial charge in [0.2, 0.25) is 11.8 Å². The minimum atomic E-state index is -0.165. The number of carbonyl (C=O) groups excluding carboxylic acids is 2. The van der Waals surface area contributed by atoms with Gasteiger partial charge in [0.05, 0.1) is 29.0 Å². The molecule has 0 spiro atoms. The fourth-order valence-corrected chi connectivity index (χ4v) is 4.57. The van der Waals surface area contributed by atoms with Crippen LogP contribution in [0.25, 0.3) is 10.9 Å². The van der Waals surface area contributed by atoms with Crippen molar-refractivity contribution in [1.82, 2.24) is 14.5 Å². The molecule has 3 aromatic rings. The van der Waals surface area contributed by atoms with Crippen molar-refractivity contribution in [3.8, 4) is 0 Å². The number of fused-ring (bicyclic) bond motifs is 1. The van der Waals surface area contributed by atoms with Gasteiger partial charge in [0, 0.05) is 24.4 Å². The van der Waals surface area contributed by atoms with Gasteiger partial charge in [-0.3, -0.25) is 19.0 Å². The third-order valence-electron chi connectivity index (χ3n) is 5.52. The van der Waals surface area contributed by atoms with E-state index in [1.54, 1.807) is 39.8 Å². The van der Waals surface area contributed by atoms with Crippen LogP contribution >= 0.6 is 11.8 Å². The Bertz CT molecular complexity index is 1190. The summed E-state index contributed by atoms with van der Waals surface area (Å²) in [6.07, 6.45) is 3.60. The molecule has 7 nitrogen and oxygen atoms in total. The second kappa shape index (κ2) is 8.93. The Morgan fingerprint density at radius 3 is 2.65 bits per heavy atom. The molecule has 2 amide bonds. The van der Waals surface area contributed by atoms with Gasteiger partial charge < -0.3 is 9.80 Å². The Hall–Kier alpha value is -3.13. The van der Waals surface area contributed by atoms with E-state index in [0.717, 1.165) is 10.6 Å². The molecule has 1 aliphatic heterocycles. The van der Waals surface area contributed by atoms with Crippen LogP contribution in [0.3, 0.4) is 0 Å². The molecule has 160 valence electrons. The van der Waals surface area contributed by atoms with Crippen molar-refractivity contribution < 1.29 is 9.59 Å². The first-order chi connectivity index (χ1) is 15.0. The standard InChI is InChI=1S/C23H24N4O3S/c1-16-13-26(14-22(29)27(16)19-9-5-6-10-20(19)31-2)21(28)11-12-25-15-24-18-8-4-3-7-17(18)23(25)30/h3-10,15-16H,11-14H2,1-2H3/t16-/m1/s1.